The van der Waals surface area contributed by atoms with E-state index in [-0.39, 0.29) is 31.4 Å². The summed E-state index contributed by atoms with van der Waals surface area (Å²) < 4.78 is 7.29. The summed E-state index contributed by atoms with van der Waals surface area (Å²) in [5, 5.41) is 2.88. The molecule has 8 heteroatoms. The first-order valence-corrected chi connectivity index (χ1v) is 9.89. The number of hydrogen-bond acceptors (Lipinski definition) is 5. The molecule has 4 aromatic rings. The first-order chi connectivity index (χ1) is 15.2. The Morgan fingerprint density at radius 3 is 2.77 bits per heavy atom. The van der Waals surface area contributed by atoms with E-state index in [4.69, 9.17) is 4.74 Å². The highest BCUT2D eigenvalue weighted by Gasteiger charge is 2.25. The van der Waals surface area contributed by atoms with Crippen molar-refractivity contribution >= 4 is 29.0 Å². The van der Waals surface area contributed by atoms with Crippen LogP contribution in [0.1, 0.15) is 6.42 Å². The fourth-order valence-corrected chi connectivity index (χ4v) is 3.53. The molecule has 8 nitrogen and oxygen atoms in total. The number of aromatic nitrogens is 3. The van der Waals surface area contributed by atoms with Crippen LogP contribution in [0.4, 0.5) is 11.4 Å². The highest BCUT2D eigenvalue weighted by atomic mass is 16.5. The molecule has 0 bridgehead atoms. The van der Waals surface area contributed by atoms with Crippen molar-refractivity contribution in [3.05, 3.63) is 73.2 Å². The standard InChI is InChI=1S/C23H19N5O3/c29-21(10-13-28-19-4-1-2-5-20(19)31-15-22(28)30)25-17-8-6-16(7-9-17)18-14-27-12-3-11-24-23(27)26-18/h1-9,11-12,14H,10,13,15H2,(H,25,29). The Bertz CT molecular complexity index is 1230. The van der Waals surface area contributed by atoms with Crippen LogP contribution in [0.25, 0.3) is 17.0 Å². The number of imidazole rings is 1. The van der Waals surface area contributed by atoms with Gasteiger partial charge in [0.05, 0.1) is 11.4 Å². The second-order valence-corrected chi connectivity index (χ2v) is 7.13. The summed E-state index contributed by atoms with van der Waals surface area (Å²) in [4.78, 5) is 35.0. The zero-order valence-corrected chi connectivity index (χ0v) is 16.6. The van der Waals surface area contributed by atoms with Crippen LogP contribution < -0.4 is 15.0 Å². The summed E-state index contributed by atoms with van der Waals surface area (Å²) >= 11 is 0. The van der Waals surface area contributed by atoms with Gasteiger partial charge in [-0.25, -0.2) is 9.97 Å². The molecule has 5 rings (SSSR count). The number of anilines is 2. The molecule has 1 N–H and O–H groups in total. The van der Waals surface area contributed by atoms with Crippen molar-refractivity contribution in [2.24, 2.45) is 0 Å². The molecule has 0 fully saturated rings. The molecular formula is C23H19N5O3. The number of rotatable bonds is 5. The normalized spacial score (nSPS) is 13.0. The Labute approximate surface area is 178 Å². The summed E-state index contributed by atoms with van der Waals surface area (Å²) in [6.07, 6.45) is 5.69. The topological polar surface area (TPSA) is 88.8 Å². The highest BCUT2D eigenvalue weighted by molar-refractivity contribution is 5.99. The summed E-state index contributed by atoms with van der Waals surface area (Å²) in [6.45, 7) is 0.274. The lowest BCUT2D eigenvalue weighted by molar-refractivity contribution is -0.121. The van der Waals surface area contributed by atoms with Gasteiger partial charge in [-0.05, 0) is 30.3 Å². The van der Waals surface area contributed by atoms with Gasteiger partial charge in [0, 0.05) is 42.8 Å². The van der Waals surface area contributed by atoms with Gasteiger partial charge in [-0.15, -0.1) is 0 Å². The minimum atomic E-state index is -0.165. The number of benzene rings is 2. The third-order valence-corrected chi connectivity index (χ3v) is 5.07. The maximum atomic E-state index is 12.4. The fraction of sp³-hybridized carbons (Fsp3) is 0.130. The molecule has 0 saturated heterocycles. The van der Waals surface area contributed by atoms with E-state index in [2.05, 4.69) is 15.3 Å². The number of carbonyl (C=O) groups excluding carboxylic acids is 2. The number of hydrogen-bond donors (Lipinski definition) is 1. The minimum absolute atomic E-state index is 0.0152. The Morgan fingerprint density at radius 1 is 1.10 bits per heavy atom. The lowest BCUT2D eigenvalue weighted by Crippen LogP contribution is -2.40. The third kappa shape index (κ3) is 3.83. The van der Waals surface area contributed by atoms with Crippen molar-refractivity contribution in [2.75, 3.05) is 23.4 Å². The van der Waals surface area contributed by atoms with E-state index < -0.39 is 0 Å². The van der Waals surface area contributed by atoms with Crippen LogP contribution in [-0.2, 0) is 9.59 Å². The quantitative estimate of drug-likeness (QED) is 0.543. The van der Waals surface area contributed by atoms with Gasteiger partial charge in [-0.3, -0.25) is 14.0 Å². The number of amides is 2. The molecule has 2 aromatic heterocycles. The molecule has 2 amide bonds. The van der Waals surface area contributed by atoms with Crippen molar-refractivity contribution in [1.29, 1.82) is 0 Å². The highest BCUT2D eigenvalue weighted by Crippen LogP contribution is 2.31. The van der Waals surface area contributed by atoms with Gasteiger partial charge >= 0.3 is 0 Å². The van der Waals surface area contributed by atoms with Gasteiger partial charge in [0.15, 0.2) is 6.61 Å². The lowest BCUT2D eigenvalue weighted by Gasteiger charge is -2.29. The van der Waals surface area contributed by atoms with Crippen LogP contribution in [-0.4, -0.2) is 39.3 Å². The van der Waals surface area contributed by atoms with Crippen molar-refractivity contribution in [3.63, 3.8) is 0 Å². The zero-order chi connectivity index (χ0) is 21.2. The Balaban J connectivity index is 1.22. The van der Waals surface area contributed by atoms with Crippen LogP contribution in [0.5, 0.6) is 5.75 Å². The summed E-state index contributed by atoms with van der Waals surface area (Å²) in [7, 11) is 0. The number of nitrogens with zero attached hydrogens (tertiary/aromatic N) is 4. The number of ether oxygens (including phenoxy) is 1. The van der Waals surface area contributed by atoms with Crippen LogP contribution in [0.3, 0.4) is 0 Å². The molecule has 1 aliphatic heterocycles. The molecule has 1 aliphatic rings. The monoisotopic (exact) mass is 413 g/mol. The molecule has 0 unspecified atom stereocenters. The van der Waals surface area contributed by atoms with E-state index in [0.717, 1.165) is 11.3 Å². The summed E-state index contributed by atoms with van der Waals surface area (Å²) in [6, 6.07) is 16.6. The molecule has 0 saturated carbocycles. The maximum Gasteiger partial charge on any atom is 0.265 e. The van der Waals surface area contributed by atoms with Gasteiger partial charge in [-0.2, -0.15) is 0 Å². The van der Waals surface area contributed by atoms with E-state index in [1.54, 1.807) is 11.1 Å². The number of para-hydroxylation sites is 2. The number of carbonyl (C=O) groups is 2. The lowest BCUT2D eigenvalue weighted by atomic mass is 10.1. The van der Waals surface area contributed by atoms with Gasteiger partial charge in [0.1, 0.15) is 5.75 Å². The SMILES string of the molecule is O=C(CCN1C(=O)COc2ccccc21)Nc1ccc(-c2cn3cccnc3n2)cc1. The first-order valence-electron chi connectivity index (χ1n) is 9.89. The maximum absolute atomic E-state index is 12.4. The molecular weight excluding hydrogens is 394 g/mol. The average Bonchev–Trinajstić information content (AvgIpc) is 3.23. The molecule has 0 aliphatic carbocycles. The molecule has 0 spiro atoms. The van der Waals surface area contributed by atoms with Crippen LogP contribution in [0.15, 0.2) is 73.2 Å². The second-order valence-electron chi connectivity index (χ2n) is 7.13. The van der Waals surface area contributed by atoms with Crippen molar-refractivity contribution in [2.45, 2.75) is 6.42 Å². The predicted octanol–water partition coefficient (Wildman–Crippen LogP) is 3.15. The van der Waals surface area contributed by atoms with Gasteiger partial charge in [0.25, 0.3) is 5.91 Å². The van der Waals surface area contributed by atoms with E-state index in [9.17, 15) is 9.59 Å². The Hall–Kier alpha value is -4.20. The number of nitrogens with one attached hydrogen (secondary N) is 1. The molecule has 2 aromatic carbocycles. The average molecular weight is 413 g/mol. The van der Waals surface area contributed by atoms with Gasteiger partial charge < -0.3 is 15.0 Å². The van der Waals surface area contributed by atoms with Crippen molar-refractivity contribution in [3.8, 4) is 17.0 Å². The third-order valence-electron chi connectivity index (χ3n) is 5.07. The van der Waals surface area contributed by atoms with E-state index in [0.29, 0.717) is 22.9 Å². The van der Waals surface area contributed by atoms with E-state index >= 15 is 0 Å². The predicted molar refractivity (Wildman–Crippen MR) is 116 cm³/mol. The fourth-order valence-electron chi connectivity index (χ4n) is 3.53. The molecule has 0 atom stereocenters. The largest absolute Gasteiger partial charge is 0.482 e. The van der Waals surface area contributed by atoms with Crippen LogP contribution >= 0.6 is 0 Å². The Kier molecular flexibility index (Phi) is 4.80. The van der Waals surface area contributed by atoms with Gasteiger partial charge in [0.2, 0.25) is 11.7 Å². The van der Waals surface area contributed by atoms with Crippen molar-refractivity contribution in [1.82, 2.24) is 14.4 Å². The second kappa shape index (κ2) is 7.91. The smallest absolute Gasteiger partial charge is 0.265 e. The van der Waals surface area contributed by atoms with Crippen LogP contribution in [0.2, 0.25) is 0 Å². The zero-order valence-electron chi connectivity index (χ0n) is 16.6. The molecule has 154 valence electrons. The van der Waals surface area contributed by atoms with E-state index in [1.807, 2.05) is 71.4 Å². The number of fused-ring (bicyclic) bond motifs is 2. The van der Waals surface area contributed by atoms with Crippen LogP contribution in [0, 0.1) is 0 Å². The summed E-state index contributed by atoms with van der Waals surface area (Å²) in [5.41, 5.74) is 3.11. The van der Waals surface area contributed by atoms with E-state index in [1.165, 1.54) is 0 Å². The molecule has 3 heterocycles. The minimum Gasteiger partial charge on any atom is -0.482 e. The molecule has 0 radical (unpaired) electrons. The summed E-state index contributed by atoms with van der Waals surface area (Å²) in [5.74, 6) is 0.966. The van der Waals surface area contributed by atoms with Gasteiger partial charge in [-0.1, -0.05) is 24.3 Å². The molecule has 31 heavy (non-hydrogen) atoms. The first kappa shape index (κ1) is 18.8. The Morgan fingerprint density at radius 2 is 1.94 bits per heavy atom. The van der Waals surface area contributed by atoms with Crippen molar-refractivity contribution < 1.29 is 14.3 Å².